The Morgan fingerprint density at radius 2 is 1.93 bits per heavy atom. The number of sulfonamides is 1. The Kier molecular flexibility index (Phi) is 7.02. The van der Waals surface area contributed by atoms with Crippen LogP contribution in [0.2, 0.25) is 24.7 Å². The molecule has 28 heavy (non-hydrogen) atoms. The second-order valence-corrected chi connectivity index (χ2v) is 14.2. The molecule has 0 bridgehead atoms. The summed E-state index contributed by atoms with van der Waals surface area (Å²) in [5.41, 5.74) is 0.594. The third-order valence-corrected chi connectivity index (χ3v) is 8.00. The third kappa shape index (κ3) is 4.62. The third-order valence-electron chi connectivity index (χ3n) is 3.80. The van der Waals surface area contributed by atoms with Gasteiger partial charge in [-0.05, 0) is 19.9 Å². The molecule has 2 heterocycles. The smallest absolute Gasteiger partial charge is 0.270 e. The van der Waals surface area contributed by atoms with E-state index in [0.29, 0.717) is 17.6 Å². The number of anilines is 1. The van der Waals surface area contributed by atoms with Gasteiger partial charge in [-0.3, -0.25) is 4.98 Å². The molecule has 2 aromatic rings. The first-order chi connectivity index (χ1) is 13.0. The number of hydrogen-bond acceptors (Lipinski definition) is 7. The molecule has 2 aromatic heterocycles. The summed E-state index contributed by atoms with van der Waals surface area (Å²) in [7, 11) is -4.88. The molecule has 0 aliphatic rings. The monoisotopic (exact) mass is 444 g/mol. The van der Waals surface area contributed by atoms with Crippen molar-refractivity contribution in [2.45, 2.75) is 38.4 Å². The van der Waals surface area contributed by atoms with Crippen LogP contribution in [0.1, 0.15) is 12.6 Å². The lowest BCUT2D eigenvalue weighted by Gasteiger charge is -2.27. The molecule has 8 nitrogen and oxygen atoms in total. The molecule has 0 saturated heterocycles. The Morgan fingerprint density at radius 3 is 2.50 bits per heavy atom. The van der Waals surface area contributed by atoms with Crippen molar-refractivity contribution < 1.29 is 17.9 Å². The zero-order chi connectivity index (χ0) is 21.1. The molecule has 0 fully saturated rings. The molecule has 2 rings (SSSR count). The van der Waals surface area contributed by atoms with Crippen molar-refractivity contribution in [1.82, 2.24) is 15.0 Å². The van der Waals surface area contributed by atoms with E-state index >= 15 is 0 Å². The molecule has 0 saturated carbocycles. The minimum Gasteiger partial charge on any atom is -0.478 e. The van der Waals surface area contributed by atoms with Gasteiger partial charge < -0.3 is 9.47 Å². The van der Waals surface area contributed by atoms with E-state index in [2.05, 4.69) is 15.0 Å². The van der Waals surface area contributed by atoms with Gasteiger partial charge in [0.2, 0.25) is 5.82 Å². The van der Waals surface area contributed by atoms with Crippen molar-refractivity contribution >= 4 is 40.8 Å². The van der Waals surface area contributed by atoms with Gasteiger partial charge in [0.1, 0.15) is 19.7 Å². The fourth-order valence-electron chi connectivity index (χ4n) is 2.49. The Labute approximate surface area is 171 Å². The maximum absolute atomic E-state index is 13.7. The molecule has 11 heteroatoms. The first-order valence-electron chi connectivity index (χ1n) is 8.67. The fourth-order valence-corrected chi connectivity index (χ4v) is 6.99. The Morgan fingerprint density at radius 1 is 1.25 bits per heavy atom. The summed E-state index contributed by atoms with van der Waals surface area (Å²) in [5, 5.41) is 0.591. The van der Waals surface area contributed by atoms with Gasteiger partial charge in [-0.15, -0.1) is 0 Å². The molecule has 0 amide bonds. The number of methoxy groups -OCH3 is 1. The van der Waals surface area contributed by atoms with Crippen molar-refractivity contribution in [3.05, 3.63) is 29.2 Å². The second-order valence-electron chi connectivity index (χ2n) is 7.04. The van der Waals surface area contributed by atoms with Crippen LogP contribution in [-0.4, -0.2) is 51.9 Å². The highest BCUT2D eigenvalue weighted by atomic mass is 35.5. The van der Waals surface area contributed by atoms with E-state index in [1.165, 1.54) is 25.6 Å². The molecule has 154 valence electrons. The maximum atomic E-state index is 13.7. The lowest BCUT2D eigenvalue weighted by Crippen LogP contribution is -2.46. The summed E-state index contributed by atoms with van der Waals surface area (Å²) in [5.74, 6) is 0.112. The molecule has 0 aliphatic carbocycles. The predicted octanol–water partition coefficient (Wildman–Crippen LogP) is 2.58. The van der Waals surface area contributed by atoms with E-state index in [0.717, 1.165) is 4.31 Å². The van der Waals surface area contributed by atoms with E-state index in [9.17, 15) is 8.42 Å². The van der Waals surface area contributed by atoms with Gasteiger partial charge in [0.25, 0.3) is 15.9 Å². The van der Waals surface area contributed by atoms with E-state index in [4.69, 9.17) is 21.1 Å². The highest BCUT2D eigenvalue weighted by molar-refractivity contribution is 7.93. The van der Waals surface area contributed by atoms with Crippen LogP contribution in [0.4, 0.5) is 5.82 Å². The first-order valence-corrected chi connectivity index (χ1v) is 14.0. The van der Waals surface area contributed by atoms with Crippen LogP contribution >= 0.6 is 11.6 Å². The van der Waals surface area contributed by atoms with Gasteiger partial charge in [0.05, 0.1) is 24.0 Å². The van der Waals surface area contributed by atoms with Crippen molar-refractivity contribution in [2.24, 2.45) is 0 Å². The number of ether oxygens (including phenoxy) is 2. The molecule has 0 radical (unpaired) electrons. The Balaban J connectivity index is 2.75. The molecular weight excluding hydrogens is 420 g/mol. The van der Waals surface area contributed by atoms with Crippen LogP contribution in [0.25, 0.3) is 0 Å². The second kappa shape index (κ2) is 8.72. The highest BCUT2D eigenvalue weighted by Crippen LogP contribution is 2.31. The zero-order valence-corrected chi connectivity index (χ0v) is 19.4. The fraction of sp³-hybridized carbons (Fsp3) is 0.471. The van der Waals surface area contributed by atoms with E-state index < -0.39 is 18.1 Å². The van der Waals surface area contributed by atoms with Crippen molar-refractivity contribution in [3.63, 3.8) is 0 Å². The summed E-state index contributed by atoms with van der Waals surface area (Å²) in [6, 6.07) is 1.47. The Bertz CT molecular complexity index is 951. The van der Waals surface area contributed by atoms with Crippen LogP contribution in [-0.2, 0) is 14.8 Å². The maximum Gasteiger partial charge on any atom is 0.270 e. The molecular formula is C17H25ClN4O4SSi. The van der Waals surface area contributed by atoms with Crippen LogP contribution in [0, 0.1) is 6.92 Å². The molecule has 0 aliphatic heterocycles. The lowest BCUT2D eigenvalue weighted by atomic mass is 10.5. The number of nitrogens with zero attached hydrogens (tertiary/aromatic N) is 4. The van der Waals surface area contributed by atoms with Crippen molar-refractivity contribution in [1.29, 1.82) is 0 Å². The van der Waals surface area contributed by atoms with Crippen LogP contribution in [0.3, 0.4) is 0 Å². The molecule has 0 spiro atoms. The van der Waals surface area contributed by atoms with Gasteiger partial charge in [-0.1, -0.05) is 31.2 Å². The summed E-state index contributed by atoms with van der Waals surface area (Å²) >= 11 is 6.35. The molecule has 0 aromatic carbocycles. The topological polar surface area (TPSA) is 94.5 Å². The average Bonchev–Trinajstić information content (AvgIpc) is 2.61. The standard InChI is InChI=1S/C17H25ClN4O4SSi/c1-7-26-11-22(15-16(25-3)21-12(2)10-20-15)27(23,24)14-13(18)8-9-19-17(14)28(4,5)6/h8-10H,7,11H2,1-6H3. The number of aromatic nitrogens is 3. The first kappa shape index (κ1) is 22.5. The summed E-state index contributed by atoms with van der Waals surface area (Å²) in [6.07, 6.45) is 2.99. The van der Waals surface area contributed by atoms with Crippen molar-refractivity contribution in [2.75, 3.05) is 24.8 Å². The molecule has 0 atom stereocenters. The normalized spacial score (nSPS) is 12.1. The van der Waals surface area contributed by atoms with Crippen LogP contribution in [0.15, 0.2) is 23.4 Å². The van der Waals surface area contributed by atoms with Crippen molar-refractivity contribution in [3.8, 4) is 5.88 Å². The minimum atomic E-state index is -4.15. The number of aryl methyl sites for hydroxylation is 1. The van der Waals surface area contributed by atoms with E-state index in [-0.39, 0.29) is 28.3 Å². The average molecular weight is 445 g/mol. The molecule has 0 unspecified atom stereocenters. The minimum absolute atomic E-state index is 0.0278. The number of pyridine rings is 1. The quantitative estimate of drug-likeness (QED) is 0.456. The van der Waals surface area contributed by atoms with Gasteiger partial charge >= 0.3 is 0 Å². The summed E-state index contributed by atoms with van der Waals surface area (Å²) < 4.78 is 39.1. The van der Waals surface area contributed by atoms with E-state index in [1.807, 2.05) is 19.6 Å². The molecule has 0 N–H and O–H groups in total. The summed E-state index contributed by atoms with van der Waals surface area (Å²) in [4.78, 5) is 12.8. The van der Waals surface area contributed by atoms with Gasteiger partial charge in [0.15, 0.2) is 0 Å². The number of rotatable bonds is 8. The van der Waals surface area contributed by atoms with Gasteiger partial charge in [0, 0.05) is 18.1 Å². The van der Waals surface area contributed by atoms with E-state index in [1.54, 1.807) is 13.8 Å². The largest absolute Gasteiger partial charge is 0.478 e. The van der Waals surface area contributed by atoms with Crippen LogP contribution < -0.4 is 14.4 Å². The SMILES string of the molecule is CCOCN(c1ncc(C)nc1OC)S(=O)(=O)c1c(Cl)ccnc1[Si](C)(C)C. The summed E-state index contributed by atoms with van der Waals surface area (Å²) in [6.45, 7) is 9.57. The number of hydrogen-bond donors (Lipinski definition) is 0. The highest BCUT2D eigenvalue weighted by Gasteiger charge is 2.37. The number of halogens is 1. The van der Waals surface area contributed by atoms with Gasteiger partial charge in [-0.2, -0.15) is 0 Å². The van der Waals surface area contributed by atoms with Gasteiger partial charge in [-0.25, -0.2) is 22.7 Å². The predicted molar refractivity (Wildman–Crippen MR) is 112 cm³/mol. The lowest BCUT2D eigenvalue weighted by molar-refractivity contribution is 0.156. The Hall–Kier alpha value is -1.75. The van der Waals surface area contributed by atoms with Crippen LogP contribution in [0.5, 0.6) is 5.88 Å². The zero-order valence-electron chi connectivity index (χ0n) is 16.9.